The van der Waals surface area contributed by atoms with Crippen LogP contribution in [-0.2, 0) is 28.7 Å². The molecule has 0 bridgehead atoms. The van der Waals surface area contributed by atoms with Gasteiger partial charge in [-0.05, 0) is 91.0 Å². The Bertz CT molecular complexity index is 2410. The third-order valence-corrected chi connectivity index (χ3v) is 11.1. The Morgan fingerprint density at radius 3 is 2.33 bits per heavy atom. The fourth-order valence-corrected chi connectivity index (χ4v) is 7.96. The van der Waals surface area contributed by atoms with Gasteiger partial charge in [-0.15, -0.1) is 11.3 Å². The second-order valence-electron chi connectivity index (χ2n) is 17.6. The maximum atomic E-state index is 14.5. The summed E-state index contributed by atoms with van der Waals surface area (Å²) in [5.74, 6) is -2.94. The Morgan fingerprint density at radius 1 is 0.939 bits per heavy atom. The molecular weight excluding hydrogens is 865 g/mol. The lowest BCUT2D eigenvalue weighted by Gasteiger charge is -2.31. The first-order valence-corrected chi connectivity index (χ1v) is 23.0. The highest BCUT2D eigenvalue weighted by Crippen LogP contribution is 2.36. The Morgan fingerprint density at radius 2 is 1.67 bits per heavy atom. The second-order valence-corrected chi connectivity index (χ2v) is 18.4. The minimum Gasteiger partial charge on any atom is -0.497 e. The number of pyridine rings is 1. The number of rotatable bonds is 20. The number of fused-ring (bicyclic) bond motifs is 1. The molecular formula is C48H62N8O9S. The van der Waals surface area contributed by atoms with Gasteiger partial charge in [0.15, 0.2) is 5.13 Å². The summed E-state index contributed by atoms with van der Waals surface area (Å²) in [6.07, 6.45) is 5.11. The zero-order chi connectivity index (χ0) is 48.1. The van der Waals surface area contributed by atoms with E-state index in [9.17, 15) is 28.8 Å². The minimum absolute atomic E-state index is 0.00788. The smallest absolute Gasteiger partial charge is 0.408 e. The van der Waals surface area contributed by atoms with Crippen molar-refractivity contribution < 1.29 is 43.0 Å². The van der Waals surface area contributed by atoms with E-state index in [0.29, 0.717) is 45.9 Å². The molecule has 1 aliphatic heterocycles. The number of carbonyl (C=O) groups excluding carboxylic acids is 6. The number of ketones is 1. The summed E-state index contributed by atoms with van der Waals surface area (Å²) in [4.78, 5) is 91.6. The van der Waals surface area contributed by atoms with Crippen LogP contribution >= 0.6 is 11.3 Å². The minimum atomic E-state index is -1.18. The molecule has 1 fully saturated rings. The maximum absolute atomic E-state index is 14.5. The van der Waals surface area contributed by atoms with E-state index in [1.807, 2.05) is 44.4 Å². The van der Waals surface area contributed by atoms with Crippen molar-refractivity contribution in [2.45, 2.75) is 117 Å². The van der Waals surface area contributed by atoms with Crippen LogP contribution in [0.5, 0.6) is 11.5 Å². The highest BCUT2D eigenvalue weighted by atomic mass is 32.1. The molecule has 354 valence electrons. The number of benzene rings is 2. The summed E-state index contributed by atoms with van der Waals surface area (Å²) >= 11 is 1.44. The first-order valence-electron chi connectivity index (χ1n) is 22.2. The molecule has 5 N–H and O–H groups in total. The number of ether oxygens (including phenoxy) is 3. The van der Waals surface area contributed by atoms with E-state index in [1.165, 1.54) is 16.2 Å². The van der Waals surface area contributed by atoms with Crippen molar-refractivity contribution in [3.8, 4) is 22.9 Å². The van der Waals surface area contributed by atoms with Gasteiger partial charge in [0.05, 0.1) is 42.8 Å². The molecule has 0 saturated carbocycles. The Balaban J connectivity index is 1.36. The number of nitrogens with one attached hydrogen (secondary N) is 5. The fraction of sp³-hybridized carbons (Fsp3) is 0.458. The fourth-order valence-electron chi connectivity index (χ4n) is 7.10. The van der Waals surface area contributed by atoms with Crippen molar-refractivity contribution in [3.63, 3.8) is 0 Å². The number of allylic oxidation sites excluding steroid dienone is 2. The highest BCUT2D eigenvalue weighted by molar-refractivity contribution is 7.14. The summed E-state index contributed by atoms with van der Waals surface area (Å²) in [5, 5.41) is 17.1. The molecule has 5 amide bonds. The normalized spacial score (nSPS) is 15.4. The number of hydrogen-bond donors (Lipinski definition) is 5. The largest absolute Gasteiger partial charge is 0.497 e. The van der Waals surface area contributed by atoms with Crippen LogP contribution in [0.2, 0.25) is 0 Å². The monoisotopic (exact) mass is 926 g/mol. The predicted octanol–water partition coefficient (Wildman–Crippen LogP) is 7.48. The standard InChI is InChI=1S/C48H62N8O9S/c1-10-11-12-13-14-19-41(58)52-33-17-15-16-18-34(33)53-44(60)39(57)25-49-43(59)38-23-31(26-56(38)45(61)42(28(2)3)55-47(62)65-48(6,7)8)64-40-24-36(37-27-66-46(54-37)50-29(4)5)51-35-22-30(63-9)20-21-32(35)40/h10-11,15-18,20-22,24,27-29,31,38,42H,12-14,19,23,25-26H2,1-9H3,(H,49,59)(H,50,54)(H,52,58)(H,53,60)(H,55,62)/b11-10+/t31-,38-,42+/m0/s1. The topological polar surface area (TPSA) is 219 Å². The zero-order valence-electron chi connectivity index (χ0n) is 39.1. The lowest BCUT2D eigenvalue weighted by atomic mass is 10.0. The molecule has 2 aromatic heterocycles. The summed E-state index contributed by atoms with van der Waals surface area (Å²) in [6, 6.07) is 11.5. The van der Waals surface area contributed by atoms with E-state index in [2.05, 4.69) is 26.6 Å². The first kappa shape index (κ1) is 50.4. The van der Waals surface area contributed by atoms with Gasteiger partial charge in [-0.25, -0.2) is 14.8 Å². The first-order chi connectivity index (χ1) is 31.3. The lowest BCUT2D eigenvalue weighted by molar-refractivity contribution is -0.141. The van der Waals surface area contributed by atoms with Crippen LogP contribution in [-0.4, -0.2) is 100 Å². The van der Waals surface area contributed by atoms with Crippen LogP contribution in [0.4, 0.5) is 21.3 Å². The number of likely N-dealkylation sites (tertiary alicyclic amines) is 1. The van der Waals surface area contributed by atoms with Gasteiger partial charge >= 0.3 is 6.09 Å². The number of anilines is 3. The molecule has 4 aromatic rings. The van der Waals surface area contributed by atoms with Gasteiger partial charge in [-0.3, -0.25) is 24.0 Å². The third kappa shape index (κ3) is 14.2. The molecule has 17 nitrogen and oxygen atoms in total. The maximum Gasteiger partial charge on any atom is 0.408 e. The van der Waals surface area contributed by atoms with Gasteiger partial charge in [-0.1, -0.05) is 38.1 Å². The second kappa shape index (κ2) is 23.1. The number of alkyl carbamates (subject to hydrolysis) is 1. The molecule has 18 heteroatoms. The molecule has 3 heterocycles. The molecule has 1 aliphatic rings. The van der Waals surface area contributed by atoms with Gasteiger partial charge < -0.3 is 45.7 Å². The number of nitrogens with zero attached hydrogens (tertiary/aromatic N) is 3. The molecule has 0 spiro atoms. The lowest BCUT2D eigenvalue weighted by Crippen LogP contribution is -2.56. The summed E-state index contributed by atoms with van der Waals surface area (Å²) in [6.45, 7) is 13.8. The van der Waals surface area contributed by atoms with E-state index >= 15 is 0 Å². The summed E-state index contributed by atoms with van der Waals surface area (Å²) in [5.41, 5.74) is 1.39. The molecule has 0 aliphatic carbocycles. The van der Waals surface area contributed by atoms with Gasteiger partial charge in [0.1, 0.15) is 41.0 Å². The third-order valence-electron chi connectivity index (χ3n) is 10.3. The van der Waals surface area contributed by atoms with Crippen LogP contribution in [0, 0.1) is 5.92 Å². The SMILES string of the molecule is C/C=C/CCCCC(=O)Nc1ccccc1NC(=O)C(=O)CNC(=O)[C@@H]1C[C@H](Oc2cc(-c3csc(NC(C)C)n3)nc3cc(OC)ccc23)CN1C(=O)[C@H](NC(=O)OC(C)(C)C)C(C)C. The van der Waals surface area contributed by atoms with Crippen molar-refractivity contribution >= 4 is 74.3 Å². The van der Waals surface area contributed by atoms with Crippen LogP contribution in [0.1, 0.15) is 87.5 Å². The van der Waals surface area contributed by atoms with Gasteiger partial charge in [0.2, 0.25) is 23.5 Å². The van der Waals surface area contributed by atoms with Gasteiger partial charge in [0.25, 0.3) is 5.91 Å². The van der Waals surface area contributed by atoms with E-state index < -0.39 is 65.8 Å². The van der Waals surface area contributed by atoms with Crippen LogP contribution < -0.4 is 36.1 Å². The molecule has 3 atom stereocenters. The quantitative estimate of drug-likeness (QED) is 0.0331. The van der Waals surface area contributed by atoms with Crippen molar-refractivity contribution in [1.29, 1.82) is 0 Å². The number of carbonyl (C=O) groups is 6. The average Bonchev–Trinajstić information content (AvgIpc) is 3.91. The van der Waals surface area contributed by atoms with E-state index in [-0.39, 0.29) is 37.0 Å². The number of Topliss-reactive ketones (excluding diaryl/α,β-unsaturated/α-hetero) is 1. The molecule has 0 unspecified atom stereocenters. The number of thiazole rings is 1. The number of hydrogen-bond acceptors (Lipinski definition) is 13. The molecule has 1 saturated heterocycles. The van der Waals surface area contributed by atoms with Crippen molar-refractivity contribution in [2.75, 3.05) is 36.1 Å². The molecule has 2 aromatic carbocycles. The Labute approximate surface area is 389 Å². The summed E-state index contributed by atoms with van der Waals surface area (Å²) < 4.78 is 17.6. The van der Waals surface area contributed by atoms with Crippen molar-refractivity contribution in [1.82, 2.24) is 25.5 Å². The Hall–Kier alpha value is -6.56. The zero-order valence-corrected chi connectivity index (χ0v) is 39.9. The van der Waals surface area contributed by atoms with Crippen LogP contribution in [0.25, 0.3) is 22.3 Å². The van der Waals surface area contributed by atoms with E-state index in [0.717, 1.165) is 18.0 Å². The Kier molecular flexibility index (Phi) is 17.6. The molecule has 5 rings (SSSR count). The van der Waals surface area contributed by atoms with Crippen LogP contribution in [0.15, 0.2) is 66.1 Å². The average molecular weight is 927 g/mol. The van der Waals surface area contributed by atoms with Crippen molar-refractivity contribution in [3.05, 3.63) is 66.1 Å². The van der Waals surface area contributed by atoms with E-state index in [4.69, 9.17) is 24.2 Å². The number of aromatic nitrogens is 2. The van der Waals surface area contributed by atoms with Crippen LogP contribution in [0.3, 0.4) is 0 Å². The molecule has 0 radical (unpaired) electrons. The number of methoxy groups -OCH3 is 1. The van der Waals surface area contributed by atoms with E-state index in [1.54, 1.807) is 84.2 Å². The summed E-state index contributed by atoms with van der Waals surface area (Å²) in [7, 11) is 1.56. The van der Waals surface area contributed by atoms with Gasteiger partial charge in [-0.2, -0.15) is 0 Å². The highest BCUT2D eigenvalue weighted by Gasteiger charge is 2.44. The number of unbranched alkanes of at least 4 members (excludes halogenated alkanes) is 2. The number of para-hydroxylation sites is 2. The van der Waals surface area contributed by atoms with Crippen molar-refractivity contribution in [2.24, 2.45) is 5.92 Å². The number of amides is 5. The molecule has 66 heavy (non-hydrogen) atoms. The predicted molar refractivity (Wildman–Crippen MR) is 256 cm³/mol. The van der Waals surface area contributed by atoms with Gasteiger partial charge in [0, 0.05) is 41.8 Å².